The molecule has 0 amide bonds. The van der Waals surface area contributed by atoms with Crippen molar-refractivity contribution >= 4 is 0 Å². The Hall–Kier alpha value is -0.0800. The Labute approximate surface area is 104 Å². The second-order valence-electron chi connectivity index (χ2n) is 7.02. The highest BCUT2D eigenvalue weighted by molar-refractivity contribution is 4.99. The van der Waals surface area contributed by atoms with E-state index in [1.54, 1.807) is 6.42 Å². The first-order valence-electron chi connectivity index (χ1n) is 7.73. The molecule has 4 aliphatic carbocycles. The summed E-state index contributed by atoms with van der Waals surface area (Å²) in [4.78, 5) is 0. The van der Waals surface area contributed by atoms with Crippen molar-refractivity contribution < 1.29 is 4.74 Å². The van der Waals surface area contributed by atoms with Crippen molar-refractivity contribution in [2.75, 3.05) is 13.2 Å². The highest BCUT2D eigenvalue weighted by atomic mass is 16.5. The van der Waals surface area contributed by atoms with Gasteiger partial charge in [-0.1, -0.05) is 0 Å². The SMILES string of the molecule is C1CNC(COC2C3CC4CC(C3)CC2C4)C1. The average molecular weight is 235 g/mol. The van der Waals surface area contributed by atoms with Crippen LogP contribution >= 0.6 is 0 Å². The fourth-order valence-electron chi connectivity index (χ4n) is 5.27. The van der Waals surface area contributed by atoms with Gasteiger partial charge in [-0.05, 0) is 75.2 Å². The summed E-state index contributed by atoms with van der Waals surface area (Å²) in [6, 6.07) is 0.659. The van der Waals surface area contributed by atoms with Crippen LogP contribution in [-0.2, 0) is 4.74 Å². The Bertz CT molecular complexity index is 257. The van der Waals surface area contributed by atoms with E-state index < -0.39 is 0 Å². The van der Waals surface area contributed by atoms with Gasteiger partial charge >= 0.3 is 0 Å². The van der Waals surface area contributed by atoms with Gasteiger partial charge in [-0.2, -0.15) is 0 Å². The number of hydrogen-bond donors (Lipinski definition) is 1. The Morgan fingerprint density at radius 1 is 0.941 bits per heavy atom. The fraction of sp³-hybridized carbons (Fsp3) is 1.00. The molecule has 1 heterocycles. The van der Waals surface area contributed by atoms with Gasteiger partial charge in [-0.15, -0.1) is 0 Å². The number of rotatable bonds is 3. The van der Waals surface area contributed by atoms with Gasteiger partial charge in [0.05, 0.1) is 12.7 Å². The van der Waals surface area contributed by atoms with Gasteiger partial charge in [0.1, 0.15) is 0 Å². The van der Waals surface area contributed by atoms with Crippen LogP contribution in [0.1, 0.15) is 44.9 Å². The number of nitrogens with one attached hydrogen (secondary N) is 1. The first-order valence-corrected chi connectivity index (χ1v) is 7.73. The summed E-state index contributed by atoms with van der Waals surface area (Å²) in [5, 5.41) is 3.55. The molecule has 17 heavy (non-hydrogen) atoms. The molecule has 96 valence electrons. The van der Waals surface area contributed by atoms with E-state index in [9.17, 15) is 0 Å². The smallest absolute Gasteiger partial charge is 0.0632 e. The van der Waals surface area contributed by atoms with E-state index in [0.717, 1.165) is 30.3 Å². The van der Waals surface area contributed by atoms with Crippen molar-refractivity contribution in [2.45, 2.75) is 57.1 Å². The fourth-order valence-corrected chi connectivity index (χ4v) is 5.27. The highest BCUT2D eigenvalue weighted by Gasteiger charge is 2.48. The molecule has 5 aliphatic rings. The molecule has 0 aromatic rings. The second kappa shape index (κ2) is 4.24. The van der Waals surface area contributed by atoms with Gasteiger partial charge in [0, 0.05) is 6.04 Å². The Kier molecular flexibility index (Phi) is 2.69. The van der Waals surface area contributed by atoms with E-state index in [4.69, 9.17) is 4.74 Å². The molecule has 4 saturated carbocycles. The van der Waals surface area contributed by atoms with Crippen LogP contribution in [0.25, 0.3) is 0 Å². The topological polar surface area (TPSA) is 21.3 Å². The van der Waals surface area contributed by atoms with Crippen molar-refractivity contribution in [1.29, 1.82) is 0 Å². The second-order valence-corrected chi connectivity index (χ2v) is 7.02. The quantitative estimate of drug-likeness (QED) is 0.812. The van der Waals surface area contributed by atoms with E-state index >= 15 is 0 Å². The first kappa shape index (κ1) is 10.8. The average Bonchev–Trinajstić information content (AvgIpc) is 2.80. The Morgan fingerprint density at radius 2 is 1.65 bits per heavy atom. The third-order valence-corrected chi connectivity index (χ3v) is 5.79. The van der Waals surface area contributed by atoms with Crippen LogP contribution in [0, 0.1) is 23.7 Å². The number of hydrogen-bond acceptors (Lipinski definition) is 2. The minimum absolute atomic E-state index is 0.630. The summed E-state index contributed by atoms with van der Waals surface area (Å²) in [5.74, 6) is 3.99. The van der Waals surface area contributed by atoms with Crippen molar-refractivity contribution in [3.63, 3.8) is 0 Å². The summed E-state index contributed by atoms with van der Waals surface area (Å²) in [6.45, 7) is 2.18. The summed E-state index contributed by atoms with van der Waals surface area (Å²) in [5.41, 5.74) is 0. The van der Waals surface area contributed by atoms with Crippen LogP contribution in [0.15, 0.2) is 0 Å². The maximum atomic E-state index is 6.34. The zero-order valence-corrected chi connectivity index (χ0v) is 10.7. The zero-order valence-electron chi connectivity index (χ0n) is 10.7. The largest absolute Gasteiger partial charge is 0.376 e. The lowest BCUT2D eigenvalue weighted by atomic mass is 9.55. The third-order valence-electron chi connectivity index (χ3n) is 5.79. The van der Waals surface area contributed by atoms with Crippen LogP contribution in [0.3, 0.4) is 0 Å². The van der Waals surface area contributed by atoms with Gasteiger partial charge in [-0.3, -0.25) is 0 Å². The van der Waals surface area contributed by atoms with E-state index in [-0.39, 0.29) is 0 Å². The van der Waals surface area contributed by atoms with Gasteiger partial charge < -0.3 is 10.1 Å². The molecular formula is C15H25NO. The van der Waals surface area contributed by atoms with Crippen molar-refractivity contribution in [2.24, 2.45) is 23.7 Å². The van der Waals surface area contributed by atoms with E-state index in [0.29, 0.717) is 12.1 Å². The van der Waals surface area contributed by atoms with E-state index in [2.05, 4.69) is 5.32 Å². The van der Waals surface area contributed by atoms with Crippen LogP contribution in [0.2, 0.25) is 0 Å². The molecule has 0 radical (unpaired) electrons. The van der Waals surface area contributed by atoms with Crippen LogP contribution in [-0.4, -0.2) is 25.3 Å². The van der Waals surface area contributed by atoms with Crippen molar-refractivity contribution in [3.05, 3.63) is 0 Å². The molecule has 1 aliphatic heterocycles. The van der Waals surface area contributed by atoms with Crippen molar-refractivity contribution in [3.8, 4) is 0 Å². The summed E-state index contributed by atoms with van der Waals surface area (Å²) in [6.07, 6.45) is 10.8. The number of ether oxygens (including phenoxy) is 1. The predicted octanol–water partition coefficient (Wildman–Crippen LogP) is 2.58. The zero-order chi connectivity index (χ0) is 11.2. The van der Waals surface area contributed by atoms with Crippen molar-refractivity contribution in [1.82, 2.24) is 5.32 Å². The summed E-state index contributed by atoms with van der Waals surface area (Å²) >= 11 is 0. The molecule has 5 fully saturated rings. The van der Waals surface area contributed by atoms with E-state index in [1.807, 2.05) is 0 Å². The lowest BCUT2D eigenvalue weighted by molar-refractivity contribution is -0.129. The van der Waals surface area contributed by atoms with Gasteiger partial charge in [0.2, 0.25) is 0 Å². The molecule has 1 saturated heterocycles. The highest BCUT2D eigenvalue weighted by Crippen LogP contribution is 2.54. The molecule has 0 aromatic carbocycles. The van der Waals surface area contributed by atoms with Crippen LogP contribution < -0.4 is 5.32 Å². The van der Waals surface area contributed by atoms with Crippen LogP contribution in [0.4, 0.5) is 0 Å². The molecule has 0 spiro atoms. The maximum Gasteiger partial charge on any atom is 0.0632 e. The standard InChI is InChI=1S/C15H25NO/c1-2-14(16-3-1)9-17-15-12-5-10-4-11(7-12)8-13(15)6-10/h10-16H,1-9H2. The minimum Gasteiger partial charge on any atom is -0.376 e. The van der Waals surface area contributed by atoms with Crippen LogP contribution in [0.5, 0.6) is 0 Å². The molecule has 5 rings (SSSR count). The molecule has 4 bridgehead atoms. The van der Waals surface area contributed by atoms with E-state index in [1.165, 1.54) is 45.1 Å². The monoisotopic (exact) mass is 235 g/mol. The van der Waals surface area contributed by atoms with Gasteiger partial charge in [0.15, 0.2) is 0 Å². The lowest BCUT2D eigenvalue weighted by Gasteiger charge is -2.54. The molecular weight excluding hydrogens is 210 g/mol. The Morgan fingerprint density at radius 3 is 2.24 bits per heavy atom. The minimum atomic E-state index is 0.630. The summed E-state index contributed by atoms with van der Waals surface area (Å²) < 4.78 is 6.34. The normalized spacial score (nSPS) is 52.2. The summed E-state index contributed by atoms with van der Waals surface area (Å²) in [7, 11) is 0. The Balaban J connectivity index is 1.37. The van der Waals surface area contributed by atoms with Gasteiger partial charge in [0.25, 0.3) is 0 Å². The third kappa shape index (κ3) is 1.94. The lowest BCUT2D eigenvalue weighted by Crippen LogP contribution is -2.50. The predicted molar refractivity (Wildman–Crippen MR) is 67.8 cm³/mol. The molecule has 0 aromatic heterocycles. The van der Waals surface area contributed by atoms with Gasteiger partial charge in [-0.25, -0.2) is 0 Å². The first-order chi connectivity index (χ1) is 8.38. The molecule has 1 unspecified atom stereocenters. The molecule has 1 N–H and O–H groups in total. The molecule has 2 nitrogen and oxygen atoms in total. The molecule has 2 heteroatoms. The maximum absolute atomic E-state index is 6.34. The molecule has 1 atom stereocenters.